The van der Waals surface area contributed by atoms with Crippen molar-refractivity contribution >= 4 is 16.8 Å². The predicted molar refractivity (Wildman–Crippen MR) is 94.8 cm³/mol. The van der Waals surface area contributed by atoms with Crippen LogP contribution in [0.15, 0.2) is 18.2 Å². The summed E-state index contributed by atoms with van der Waals surface area (Å²) in [5, 5.41) is 1.19. The summed E-state index contributed by atoms with van der Waals surface area (Å²) in [7, 11) is 4.25. The second-order valence-electron chi connectivity index (χ2n) is 7.03. The van der Waals surface area contributed by atoms with E-state index in [1.54, 1.807) is 0 Å². The molecular formula is C19H27N3O. The summed E-state index contributed by atoms with van der Waals surface area (Å²) in [5.74, 6) is 0.257. The van der Waals surface area contributed by atoms with Gasteiger partial charge in [-0.3, -0.25) is 4.79 Å². The fourth-order valence-electron chi connectivity index (χ4n) is 3.62. The summed E-state index contributed by atoms with van der Waals surface area (Å²) in [4.78, 5) is 20.4. The summed E-state index contributed by atoms with van der Waals surface area (Å²) >= 11 is 0. The lowest BCUT2D eigenvalue weighted by Crippen LogP contribution is -2.45. The monoisotopic (exact) mass is 313 g/mol. The molecule has 1 amide bonds. The van der Waals surface area contributed by atoms with E-state index in [0.717, 1.165) is 42.7 Å². The van der Waals surface area contributed by atoms with Crippen LogP contribution in [-0.2, 0) is 11.2 Å². The van der Waals surface area contributed by atoms with Gasteiger partial charge in [0.1, 0.15) is 0 Å². The molecule has 2 aromatic rings. The van der Waals surface area contributed by atoms with E-state index in [-0.39, 0.29) is 5.91 Å². The average molecular weight is 313 g/mol. The quantitative estimate of drug-likeness (QED) is 0.946. The Hall–Kier alpha value is -1.81. The molecular weight excluding hydrogens is 286 g/mol. The zero-order valence-electron chi connectivity index (χ0n) is 14.6. The number of aromatic nitrogens is 1. The highest BCUT2D eigenvalue weighted by atomic mass is 16.2. The number of likely N-dealkylation sites (tertiary alicyclic amines) is 1. The summed E-state index contributed by atoms with van der Waals surface area (Å²) in [6, 6.07) is 7.00. The Bertz CT molecular complexity index is 709. The van der Waals surface area contributed by atoms with Crippen molar-refractivity contribution in [3.8, 4) is 0 Å². The first-order valence-corrected chi connectivity index (χ1v) is 8.47. The summed E-state index contributed by atoms with van der Waals surface area (Å²) in [5.41, 5.74) is 4.63. The first-order chi connectivity index (χ1) is 11.0. The number of aromatic amines is 1. The van der Waals surface area contributed by atoms with Gasteiger partial charge in [-0.25, -0.2) is 0 Å². The fourth-order valence-corrected chi connectivity index (χ4v) is 3.62. The smallest absolute Gasteiger partial charge is 0.227 e. The minimum atomic E-state index is 0.257. The molecule has 0 atom stereocenters. The Morgan fingerprint density at radius 1 is 1.26 bits per heavy atom. The van der Waals surface area contributed by atoms with Crippen molar-refractivity contribution in [3.05, 3.63) is 35.0 Å². The normalized spacial score (nSPS) is 16.5. The summed E-state index contributed by atoms with van der Waals surface area (Å²) in [6.07, 6.45) is 2.65. The van der Waals surface area contributed by atoms with Crippen LogP contribution in [0.2, 0.25) is 0 Å². The highest BCUT2D eigenvalue weighted by molar-refractivity contribution is 5.90. The van der Waals surface area contributed by atoms with Gasteiger partial charge in [-0.15, -0.1) is 0 Å². The number of carbonyl (C=O) groups excluding carboxylic acids is 1. The van der Waals surface area contributed by atoms with Gasteiger partial charge in [-0.2, -0.15) is 0 Å². The van der Waals surface area contributed by atoms with E-state index in [1.165, 1.54) is 10.9 Å². The topological polar surface area (TPSA) is 39.3 Å². The van der Waals surface area contributed by atoms with Gasteiger partial charge < -0.3 is 14.8 Å². The van der Waals surface area contributed by atoms with Crippen LogP contribution in [0.3, 0.4) is 0 Å². The van der Waals surface area contributed by atoms with E-state index in [9.17, 15) is 4.79 Å². The third-order valence-electron chi connectivity index (χ3n) is 5.15. The van der Waals surface area contributed by atoms with Crippen molar-refractivity contribution in [2.24, 2.45) is 0 Å². The molecule has 1 N–H and O–H groups in total. The number of H-pyrrole nitrogens is 1. The van der Waals surface area contributed by atoms with Crippen LogP contribution >= 0.6 is 0 Å². The molecule has 1 aromatic heterocycles. The van der Waals surface area contributed by atoms with Crippen LogP contribution in [0, 0.1) is 13.8 Å². The van der Waals surface area contributed by atoms with Crippen LogP contribution in [-0.4, -0.2) is 53.9 Å². The molecule has 1 aliphatic heterocycles. The van der Waals surface area contributed by atoms with E-state index in [1.807, 2.05) is 4.90 Å². The number of benzene rings is 1. The maximum atomic E-state index is 12.7. The van der Waals surface area contributed by atoms with Crippen molar-refractivity contribution in [3.63, 3.8) is 0 Å². The van der Waals surface area contributed by atoms with Crippen molar-refractivity contribution in [1.82, 2.24) is 14.8 Å². The number of carbonyl (C=O) groups is 1. The van der Waals surface area contributed by atoms with E-state index in [4.69, 9.17) is 0 Å². The molecule has 1 saturated heterocycles. The number of fused-ring (bicyclic) bond motifs is 1. The molecule has 1 aliphatic rings. The van der Waals surface area contributed by atoms with Gasteiger partial charge in [-0.1, -0.05) is 11.6 Å². The van der Waals surface area contributed by atoms with Gasteiger partial charge in [0, 0.05) is 35.7 Å². The number of piperidine rings is 1. The second-order valence-corrected chi connectivity index (χ2v) is 7.03. The molecule has 4 heteroatoms. The van der Waals surface area contributed by atoms with Gasteiger partial charge >= 0.3 is 0 Å². The average Bonchev–Trinajstić information content (AvgIpc) is 2.83. The van der Waals surface area contributed by atoms with E-state index < -0.39 is 0 Å². The number of aryl methyl sites for hydroxylation is 2. The van der Waals surface area contributed by atoms with Crippen molar-refractivity contribution in [2.75, 3.05) is 27.2 Å². The number of nitrogens with zero attached hydrogens (tertiary/aromatic N) is 2. The minimum absolute atomic E-state index is 0.257. The molecule has 0 radical (unpaired) electrons. The molecule has 0 spiro atoms. The largest absolute Gasteiger partial charge is 0.358 e. The standard InChI is InChI=1S/C19H27N3O/c1-13-5-6-18-17(11-13)16(14(2)20-18)12-19(23)22-9-7-15(8-10-22)21(3)4/h5-6,11,15,20H,7-10,12H2,1-4H3. The molecule has 0 bridgehead atoms. The molecule has 124 valence electrons. The van der Waals surface area contributed by atoms with Gasteiger partial charge in [0.05, 0.1) is 6.42 Å². The first kappa shape index (κ1) is 16.1. The van der Waals surface area contributed by atoms with Crippen LogP contribution in [0.1, 0.15) is 29.7 Å². The summed E-state index contributed by atoms with van der Waals surface area (Å²) < 4.78 is 0. The lowest BCUT2D eigenvalue weighted by atomic mass is 10.0. The van der Waals surface area contributed by atoms with Crippen molar-refractivity contribution < 1.29 is 4.79 Å². The SMILES string of the molecule is Cc1ccc2[nH]c(C)c(CC(=O)N3CCC(N(C)C)CC3)c2c1. The molecule has 0 aliphatic carbocycles. The Kier molecular flexibility index (Phi) is 4.44. The van der Waals surface area contributed by atoms with Crippen LogP contribution in [0.4, 0.5) is 0 Å². The van der Waals surface area contributed by atoms with Gasteiger partial charge in [0.15, 0.2) is 0 Å². The Morgan fingerprint density at radius 2 is 1.96 bits per heavy atom. The second kappa shape index (κ2) is 6.36. The minimum Gasteiger partial charge on any atom is -0.358 e. The van der Waals surface area contributed by atoms with Crippen LogP contribution in [0.5, 0.6) is 0 Å². The zero-order valence-corrected chi connectivity index (χ0v) is 14.6. The Labute approximate surface area is 138 Å². The van der Waals surface area contributed by atoms with Crippen LogP contribution < -0.4 is 0 Å². The highest BCUT2D eigenvalue weighted by Gasteiger charge is 2.24. The third-order valence-corrected chi connectivity index (χ3v) is 5.15. The predicted octanol–water partition coefficient (Wildman–Crippen LogP) is 2.88. The molecule has 1 aromatic carbocycles. The number of rotatable bonds is 3. The maximum Gasteiger partial charge on any atom is 0.227 e. The number of nitrogens with one attached hydrogen (secondary N) is 1. The molecule has 3 rings (SSSR count). The van der Waals surface area contributed by atoms with E-state index in [0.29, 0.717) is 12.5 Å². The van der Waals surface area contributed by atoms with Gasteiger partial charge in [0.2, 0.25) is 5.91 Å². The molecule has 0 unspecified atom stereocenters. The third kappa shape index (κ3) is 3.27. The summed E-state index contributed by atoms with van der Waals surface area (Å²) in [6.45, 7) is 5.92. The fraction of sp³-hybridized carbons (Fsp3) is 0.526. The molecule has 4 nitrogen and oxygen atoms in total. The highest BCUT2D eigenvalue weighted by Crippen LogP contribution is 2.25. The van der Waals surface area contributed by atoms with E-state index in [2.05, 4.69) is 56.0 Å². The molecule has 23 heavy (non-hydrogen) atoms. The zero-order chi connectivity index (χ0) is 16.6. The number of hydrogen-bond acceptors (Lipinski definition) is 2. The maximum absolute atomic E-state index is 12.7. The molecule has 0 saturated carbocycles. The molecule has 1 fully saturated rings. The lowest BCUT2D eigenvalue weighted by Gasteiger charge is -2.35. The van der Waals surface area contributed by atoms with Crippen LogP contribution in [0.25, 0.3) is 10.9 Å². The lowest BCUT2D eigenvalue weighted by molar-refractivity contribution is -0.131. The van der Waals surface area contributed by atoms with Crippen molar-refractivity contribution in [2.45, 2.75) is 39.2 Å². The molecule has 2 heterocycles. The Morgan fingerprint density at radius 3 is 2.61 bits per heavy atom. The number of amides is 1. The van der Waals surface area contributed by atoms with Gasteiger partial charge in [-0.05, 0) is 58.5 Å². The first-order valence-electron chi connectivity index (χ1n) is 8.47. The van der Waals surface area contributed by atoms with Crippen molar-refractivity contribution in [1.29, 1.82) is 0 Å². The van der Waals surface area contributed by atoms with E-state index >= 15 is 0 Å². The number of hydrogen-bond donors (Lipinski definition) is 1. The van der Waals surface area contributed by atoms with Gasteiger partial charge in [0.25, 0.3) is 0 Å². The Balaban J connectivity index is 1.74.